The van der Waals surface area contributed by atoms with Crippen molar-refractivity contribution in [3.63, 3.8) is 0 Å². The lowest BCUT2D eigenvalue weighted by atomic mass is 9.90. The fourth-order valence-electron chi connectivity index (χ4n) is 2.41. The van der Waals surface area contributed by atoms with Gasteiger partial charge < -0.3 is 5.32 Å². The molecule has 8 nitrogen and oxygen atoms in total. The molecule has 3 amide bonds. The molecule has 3 N–H and O–H groups in total. The Labute approximate surface area is 112 Å². The maximum Gasteiger partial charge on any atom is 0.322 e. The van der Waals surface area contributed by atoms with Gasteiger partial charge in [-0.1, -0.05) is 0 Å². The zero-order valence-electron chi connectivity index (χ0n) is 10.9. The molecule has 0 aromatic rings. The first kappa shape index (κ1) is 14.2. The van der Waals surface area contributed by atoms with Gasteiger partial charge in [-0.2, -0.15) is 17.4 Å². The number of piperidine rings is 1. The van der Waals surface area contributed by atoms with E-state index in [1.54, 1.807) is 13.8 Å². The number of hydrogen-bond acceptors (Lipinski definition) is 4. The SMILES string of the molecule is CC(C)NS(=O)(=O)N1CCCC2(C1)NC(=O)NC2=O. The largest absolute Gasteiger partial charge is 0.322 e. The molecule has 1 spiro atoms. The van der Waals surface area contributed by atoms with E-state index in [0.29, 0.717) is 19.4 Å². The minimum absolute atomic E-state index is 0.0351. The summed E-state index contributed by atoms with van der Waals surface area (Å²) in [6.45, 7) is 3.75. The van der Waals surface area contributed by atoms with Crippen LogP contribution in [0.15, 0.2) is 0 Å². The van der Waals surface area contributed by atoms with Crippen LogP contribution in [0.25, 0.3) is 0 Å². The third-order valence-corrected chi connectivity index (χ3v) is 4.96. The van der Waals surface area contributed by atoms with Crippen LogP contribution in [0, 0.1) is 0 Å². The summed E-state index contributed by atoms with van der Waals surface area (Å²) in [6.07, 6.45) is 0.963. The van der Waals surface area contributed by atoms with Crippen molar-refractivity contribution in [2.75, 3.05) is 13.1 Å². The lowest BCUT2D eigenvalue weighted by molar-refractivity contribution is -0.125. The van der Waals surface area contributed by atoms with Crippen molar-refractivity contribution < 1.29 is 18.0 Å². The van der Waals surface area contributed by atoms with Gasteiger partial charge in [0.1, 0.15) is 5.54 Å². The van der Waals surface area contributed by atoms with Crippen molar-refractivity contribution in [1.29, 1.82) is 0 Å². The van der Waals surface area contributed by atoms with E-state index in [-0.39, 0.29) is 12.6 Å². The molecule has 0 bridgehead atoms. The van der Waals surface area contributed by atoms with Crippen molar-refractivity contribution in [3.8, 4) is 0 Å². The summed E-state index contributed by atoms with van der Waals surface area (Å²) in [5.74, 6) is -0.457. The van der Waals surface area contributed by atoms with Crippen molar-refractivity contribution in [2.24, 2.45) is 0 Å². The van der Waals surface area contributed by atoms with Crippen molar-refractivity contribution in [2.45, 2.75) is 38.3 Å². The summed E-state index contributed by atoms with van der Waals surface area (Å²) in [6, 6.07) is -0.795. The highest BCUT2D eigenvalue weighted by Crippen LogP contribution is 2.25. The van der Waals surface area contributed by atoms with Gasteiger partial charge >= 0.3 is 6.03 Å². The quantitative estimate of drug-likeness (QED) is 0.574. The Kier molecular flexibility index (Phi) is 3.54. The van der Waals surface area contributed by atoms with Gasteiger partial charge in [0.05, 0.1) is 0 Å². The number of amides is 3. The van der Waals surface area contributed by atoms with E-state index in [1.165, 1.54) is 4.31 Å². The predicted octanol–water partition coefficient (Wildman–Crippen LogP) is -1.10. The third kappa shape index (κ3) is 2.72. The summed E-state index contributed by atoms with van der Waals surface area (Å²) in [7, 11) is -3.63. The predicted molar refractivity (Wildman–Crippen MR) is 67.4 cm³/mol. The summed E-state index contributed by atoms with van der Waals surface area (Å²) in [5.41, 5.74) is -1.12. The second kappa shape index (κ2) is 4.73. The van der Waals surface area contributed by atoms with Crippen molar-refractivity contribution in [3.05, 3.63) is 0 Å². The molecule has 2 rings (SSSR count). The highest BCUT2D eigenvalue weighted by Gasteiger charge is 2.50. The first-order valence-electron chi connectivity index (χ1n) is 6.16. The van der Waals surface area contributed by atoms with Crippen LogP contribution in [0.4, 0.5) is 4.79 Å². The normalized spacial score (nSPS) is 28.8. The molecule has 0 aromatic carbocycles. The number of urea groups is 1. The van der Waals surface area contributed by atoms with Crippen LogP contribution in [0.5, 0.6) is 0 Å². The molecule has 19 heavy (non-hydrogen) atoms. The standard InChI is InChI=1S/C10H18N4O4S/c1-7(2)13-19(17,18)14-5-3-4-10(6-14)8(15)11-9(16)12-10/h7,13H,3-6H2,1-2H3,(H2,11,12,15,16). The van der Waals surface area contributed by atoms with E-state index in [0.717, 1.165) is 0 Å². The van der Waals surface area contributed by atoms with Gasteiger partial charge in [0.25, 0.3) is 16.1 Å². The Morgan fingerprint density at radius 3 is 2.58 bits per heavy atom. The van der Waals surface area contributed by atoms with Crippen LogP contribution in [0.3, 0.4) is 0 Å². The lowest BCUT2D eigenvalue weighted by Crippen LogP contribution is -2.61. The number of hydrogen-bond donors (Lipinski definition) is 3. The van der Waals surface area contributed by atoms with Gasteiger partial charge in [0.2, 0.25) is 0 Å². The Hall–Kier alpha value is -1.19. The number of imide groups is 1. The monoisotopic (exact) mass is 290 g/mol. The smallest absolute Gasteiger partial charge is 0.322 e. The van der Waals surface area contributed by atoms with E-state index >= 15 is 0 Å². The zero-order valence-corrected chi connectivity index (χ0v) is 11.7. The molecule has 2 heterocycles. The minimum atomic E-state index is -3.63. The van der Waals surface area contributed by atoms with Crippen molar-refractivity contribution in [1.82, 2.24) is 19.7 Å². The highest BCUT2D eigenvalue weighted by molar-refractivity contribution is 7.87. The Morgan fingerprint density at radius 2 is 2.05 bits per heavy atom. The molecule has 108 valence electrons. The maximum absolute atomic E-state index is 12.1. The van der Waals surface area contributed by atoms with Crippen LogP contribution >= 0.6 is 0 Å². The van der Waals surface area contributed by atoms with Gasteiger partial charge in [-0.05, 0) is 26.7 Å². The van der Waals surface area contributed by atoms with Gasteiger partial charge in [0.15, 0.2) is 0 Å². The van der Waals surface area contributed by atoms with Crippen LogP contribution in [-0.2, 0) is 15.0 Å². The molecular formula is C10H18N4O4S. The average molecular weight is 290 g/mol. The summed E-state index contributed by atoms with van der Waals surface area (Å²) < 4.78 is 27.9. The molecule has 1 unspecified atom stereocenters. The van der Waals surface area contributed by atoms with Crippen LogP contribution < -0.4 is 15.4 Å². The maximum atomic E-state index is 12.1. The molecule has 1 atom stereocenters. The van der Waals surface area contributed by atoms with Crippen LogP contribution in [-0.4, -0.2) is 49.3 Å². The third-order valence-electron chi connectivity index (χ3n) is 3.20. The average Bonchev–Trinajstić information content (AvgIpc) is 2.52. The first-order valence-corrected chi connectivity index (χ1v) is 7.60. The fraction of sp³-hybridized carbons (Fsp3) is 0.800. The molecule has 2 aliphatic heterocycles. The van der Waals surface area contributed by atoms with E-state index in [9.17, 15) is 18.0 Å². The summed E-state index contributed by atoms with van der Waals surface area (Å²) >= 11 is 0. The van der Waals surface area contributed by atoms with E-state index in [2.05, 4.69) is 15.4 Å². The van der Waals surface area contributed by atoms with Crippen LogP contribution in [0.1, 0.15) is 26.7 Å². The van der Waals surface area contributed by atoms with Gasteiger partial charge in [0, 0.05) is 19.1 Å². The van der Waals surface area contributed by atoms with Crippen molar-refractivity contribution >= 4 is 22.1 Å². The Morgan fingerprint density at radius 1 is 1.37 bits per heavy atom. The number of rotatable bonds is 3. The van der Waals surface area contributed by atoms with E-state index in [4.69, 9.17) is 0 Å². The molecule has 0 aliphatic carbocycles. The first-order chi connectivity index (χ1) is 8.75. The number of carbonyl (C=O) groups is 2. The number of nitrogens with one attached hydrogen (secondary N) is 3. The molecule has 2 aliphatic rings. The molecule has 2 saturated heterocycles. The second-order valence-corrected chi connectivity index (χ2v) is 6.91. The molecule has 0 saturated carbocycles. The van der Waals surface area contributed by atoms with Crippen LogP contribution in [0.2, 0.25) is 0 Å². The van der Waals surface area contributed by atoms with Gasteiger partial charge in [-0.3, -0.25) is 10.1 Å². The van der Waals surface area contributed by atoms with E-state index < -0.39 is 27.7 Å². The molecule has 0 aromatic heterocycles. The number of nitrogens with zero attached hydrogens (tertiary/aromatic N) is 1. The second-order valence-electron chi connectivity index (χ2n) is 5.21. The van der Waals surface area contributed by atoms with Gasteiger partial charge in [-0.25, -0.2) is 4.79 Å². The van der Waals surface area contributed by atoms with E-state index in [1.807, 2.05) is 0 Å². The number of carbonyl (C=O) groups excluding carboxylic acids is 2. The summed E-state index contributed by atoms with van der Waals surface area (Å²) in [4.78, 5) is 23.1. The minimum Gasteiger partial charge on any atom is -0.322 e. The Bertz CT molecular complexity index is 504. The molecule has 9 heteroatoms. The highest BCUT2D eigenvalue weighted by atomic mass is 32.2. The molecule has 0 radical (unpaired) electrons. The lowest BCUT2D eigenvalue weighted by Gasteiger charge is -2.37. The summed E-state index contributed by atoms with van der Waals surface area (Å²) in [5, 5.41) is 4.70. The van der Waals surface area contributed by atoms with Gasteiger partial charge in [-0.15, -0.1) is 0 Å². The Balaban J connectivity index is 2.18. The topological polar surface area (TPSA) is 108 Å². The molecular weight excluding hydrogens is 272 g/mol. The molecule has 2 fully saturated rings. The zero-order chi connectivity index (χ0) is 14.3. The fourth-order valence-corrected chi connectivity index (χ4v) is 3.91.